The molecule has 2 aromatic carbocycles. The van der Waals surface area contributed by atoms with Crippen LogP contribution in [-0.2, 0) is 13.2 Å². The molecule has 3 aromatic rings. The molecule has 0 spiro atoms. The molecule has 0 aliphatic carbocycles. The van der Waals surface area contributed by atoms with Crippen molar-refractivity contribution < 1.29 is 4.74 Å². The molecule has 1 heterocycles. The van der Waals surface area contributed by atoms with Crippen LogP contribution in [0.1, 0.15) is 11.3 Å². The first kappa shape index (κ1) is 13.2. The lowest BCUT2D eigenvalue weighted by Gasteiger charge is -2.09. The van der Waals surface area contributed by atoms with Crippen molar-refractivity contribution in [1.82, 2.24) is 9.97 Å². The van der Waals surface area contributed by atoms with Crippen LogP contribution < -0.4 is 10.1 Å². The topological polar surface area (TPSA) is 49.9 Å². The zero-order valence-corrected chi connectivity index (χ0v) is 11.6. The molecule has 0 atom stereocenters. The zero-order valence-electron chi connectivity index (χ0n) is 11.6. The van der Waals surface area contributed by atoms with Crippen molar-refractivity contribution in [1.29, 1.82) is 0 Å². The quantitative estimate of drug-likeness (QED) is 0.725. The number of H-pyrrole nitrogens is 1. The summed E-state index contributed by atoms with van der Waals surface area (Å²) in [4.78, 5) is 7.07. The summed E-state index contributed by atoms with van der Waals surface area (Å²) < 4.78 is 5.75. The minimum absolute atomic E-state index is 0.559. The Hall–Kier alpha value is -2.75. The number of nitrogens with zero attached hydrogens (tertiary/aromatic N) is 1. The predicted molar refractivity (Wildman–Crippen MR) is 83.1 cm³/mol. The molecule has 0 aliphatic rings. The Morgan fingerprint density at radius 1 is 1.05 bits per heavy atom. The van der Waals surface area contributed by atoms with Crippen LogP contribution in [0.3, 0.4) is 0 Å². The average molecular weight is 279 g/mol. The molecule has 0 unspecified atom stereocenters. The summed E-state index contributed by atoms with van der Waals surface area (Å²) in [5.41, 5.74) is 3.26. The molecule has 0 bridgehead atoms. The number of aromatic nitrogens is 2. The molecular weight excluding hydrogens is 262 g/mol. The SMILES string of the molecule is c1ccc(OCc2cccc(NCc3cnc[nH]3)c2)cc1. The standard InChI is InChI=1S/C17H17N3O/c1-2-7-17(8-3-1)21-12-14-5-4-6-15(9-14)19-11-16-10-18-13-20-16/h1-10,13,19H,11-12H2,(H,18,20). The Labute approximate surface area is 123 Å². The first-order chi connectivity index (χ1) is 10.4. The maximum atomic E-state index is 5.75. The van der Waals surface area contributed by atoms with Gasteiger partial charge in [-0.05, 0) is 29.8 Å². The minimum atomic E-state index is 0.559. The second-order valence-corrected chi connectivity index (χ2v) is 4.73. The first-order valence-electron chi connectivity index (χ1n) is 6.88. The van der Waals surface area contributed by atoms with Crippen LogP contribution >= 0.6 is 0 Å². The third-order valence-corrected chi connectivity index (χ3v) is 3.11. The van der Waals surface area contributed by atoms with E-state index in [0.717, 1.165) is 29.2 Å². The van der Waals surface area contributed by atoms with E-state index in [2.05, 4.69) is 27.4 Å². The van der Waals surface area contributed by atoms with Crippen LogP contribution in [0, 0.1) is 0 Å². The van der Waals surface area contributed by atoms with Gasteiger partial charge < -0.3 is 15.0 Å². The molecule has 2 N–H and O–H groups in total. The molecule has 0 aliphatic heterocycles. The van der Waals surface area contributed by atoms with Crippen molar-refractivity contribution >= 4 is 5.69 Å². The third kappa shape index (κ3) is 3.86. The van der Waals surface area contributed by atoms with Crippen molar-refractivity contribution in [2.75, 3.05) is 5.32 Å². The molecule has 0 saturated heterocycles. The summed E-state index contributed by atoms with van der Waals surface area (Å²) in [6.07, 6.45) is 3.50. The van der Waals surface area contributed by atoms with Crippen molar-refractivity contribution in [3.63, 3.8) is 0 Å². The van der Waals surface area contributed by atoms with Crippen LogP contribution in [0.4, 0.5) is 5.69 Å². The summed E-state index contributed by atoms with van der Waals surface area (Å²) >= 11 is 0. The van der Waals surface area contributed by atoms with Gasteiger partial charge in [-0.3, -0.25) is 0 Å². The Bertz CT molecular complexity index is 666. The molecule has 0 fully saturated rings. The van der Waals surface area contributed by atoms with E-state index < -0.39 is 0 Å². The van der Waals surface area contributed by atoms with E-state index in [0.29, 0.717) is 6.61 Å². The van der Waals surface area contributed by atoms with Gasteiger partial charge in [-0.1, -0.05) is 30.3 Å². The number of nitrogens with one attached hydrogen (secondary N) is 2. The molecule has 1 aromatic heterocycles. The highest BCUT2D eigenvalue weighted by Gasteiger charge is 1.99. The van der Waals surface area contributed by atoms with Gasteiger partial charge in [0.1, 0.15) is 12.4 Å². The van der Waals surface area contributed by atoms with Crippen LogP contribution in [0.2, 0.25) is 0 Å². The maximum Gasteiger partial charge on any atom is 0.119 e. The number of ether oxygens (including phenoxy) is 1. The highest BCUT2D eigenvalue weighted by molar-refractivity contribution is 5.45. The van der Waals surface area contributed by atoms with Crippen LogP contribution in [0.5, 0.6) is 5.75 Å². The average Bonchev–Trinajstić information content (AvgIpc) is 3.06. The number of anilines is 1. The Morgan fingerprint density at radius 2 is 1.95 bits per heavy atom. The van der Waals surface area contributed by atoms with Gasteiger partial charge in [-0.25, -0.2) is 4.98 Å². The Kier molecular flexibility index (Phi) is 4.17. The molecule has 0 saturated carbocycles. The van der Waals surface area contributed by atoms with Gasteiger partial charge in [-0.15, -0.1) is 0 Å². The molecule has 0 amide bonds. The summed E-state index contributed by atoms with van der Waals surface area (Å²) in [6.45, 7) is 1.28. The summed E-state index contributed by atoms with van der Waals surface area (Å²) in [7, 11) is 0. The van der Waals surface area contributed by atoms with E-state index in [4.69, 9.17) is 4.74 Å². The van der Waals surface area contributed by atoms with E-state index in [-0.39, 0.29) is 0 Å². The van der Waals surface area contributed by atoms with Gasteiger partial charge in [0.05, 0.1) is 18.6 Å². The lowest BCUT2D eigenvalue weighted by molar-refractivity contribution is 0.306. The fourth-order valence-electron chi connectivity index (χ4n) is 2.03. The van der Waals surface area contributed by atoms with Gasteiger partial charge in [0.15, 0.2) is 0 Å². The van der Waals surface area contributed by atoms with Gasteiger partial charge in [0.2, 0.25) is 0 Å². The van der Waals surface area contributed by atoms with Gasteiger partial charge in [0.25, 0.3) is 0 Å². The van der Waals surface area contributed by atoms with E-state index in [1.165, 1.54) is 0 Å². The Balaban J connectivity index is 1.58. The number of para-hydroxylation sites is 1. The number of hydrogen-bond acceptors (Lipinski definition) is 3. The van der Waals surface area contributed by atoms with Crippen LogP contribution in [-0.4, -0.2) is 9.97 Å². The molecule has 21 heavy (non-hydrogen) atoms. The molecule has 4 heteroatoms. The number of aromatic amines is 1. The van der Waals surface area contributed by atoms with Crippen molar-refractivity contribution in [3.05, 3.63) is 78.4 Å². The lowest BCUT2D eigenvalue weighted by atomic mass is 10.2. The van der Waals surface area contributed by atoms with Crippen molar-refractivity contribution in [2.45, 2.75) is 13.2 Å². The van der Waals surface area contributed by atoms with Gasteiger partial charge in [0, 0.05) is 11.9 Å². The summed E-state index contributed by atoms with van der Waals surface area (Å²) in [5.74, 6) is 0.883. The molecule has 0 radical (unpaired) electrons. The van der Waals surface area contributed by atoms with E-state index in [1.807, 2.05) is 48.7 Å². The van der Waals surface area contributed by atoms with Crippen molar-refractivity contribution in [3.8, 4) is 5.75 Å². The van der Waals surface area contributed by atoms with Gasteiger partial charge in [-0.2, -0.15) is 0 Å². The predicted octanol–water partition coefficient (Wildman–Crippen LogP) is 3.60. The van der Waals surface area contributed by atoms with Gasteiger partial charge >= 0.3 is 0 Å². The largest absolute Gasteiger partial charge is 0.489 e. The molecular formula is C17H17N3O. The fourth-order valence-corrected chi connectivity index (χ4v) is 2.03. The highest BCUT2D eigenvalue weighted by atomic mass is 16.5. The second kappa shape index (κ2) is 6.61. The van der Waals surface area contributed by atoms with Crippen LogP contribution in [0.15, 0.2) is 67.1 Å². The van der Waals surface area contributed by atoms with E-state index >= 15 is 0 Å². The molecule has 4 nitrogen and oxygen atoms in total. The normalized spacial score (nSPS) is 10.3. The smallest absolute Gasteiger partial charge is 0.119 e. The minimum Gasteiger partial charge on any atom is -0.489 e. The number of imidazole rings is 1. The summed E-state index contributed by atoms with van der Waals surface area (Å²) in [5, 5.41) is 3.36. The van der Waals surface area contributed by atoms with E-state index in [1.54, 1.807) is 6.33 Å². The monoisotopic (exact) mass is 279 g/mol. The van der Waals surface area contributed by atoms with Crippen molar-refractivity contribution in [2.24, 2.45) is 0 Å². The molecule has 106 valence electrons. The number of rotatable bonds is 6. The summed E-state index contributed by atoms with van der Waals surface area (Å²) in [6, 6.07) is 18.1. The van der Waals surface area contributed by atoms with E-state index in [9.17, 15) is 0 Å². The lowest BCUT2D eigenvalue weighted by Crippen LogP contribution is -2.01. The second-order valence-electron chi connectivity index (χ2n) is 4.73. The van der Waals surface area contributed by atoms with Crippen LogP contribution in [0.25, 0.3) is 0 Å². The number of hydrogen-bond donors (Lipinski definition) is 2. The third-order valence-electron chi connectivity index (χ3n) is 3.11. The number of benzene rings is 2. The zero-order chi connectivity index (χ0) is 14.3. The first-order valence-corrected chi connectivity index (χ1v) is 6.88. The Morgan fingerprint density at radius 3 is 2.76 bits per heavy atom. The maximum absolute atomic E-state index is 5.75. The molecule has 3 rings (SSSR count). The fraction of sp³-hybridized carbons (Fsp3) is 0.118. The highest BCUT2D eigenvalue weighted by Crippen LogP contribution is 2.15.